The average Bonchev–Trinajstić information content (AvgIpc) is 2.59. The number of benzene rings is 2. The molecule has 0 amide bonds. The number of methoxy groups -OCH3 is 1. The van der Waals surface area contributed by atoms with Gasteiger partial charge in [-0.2, -0.15) is 13.2 Å². The van der Waals surface area contributed by atoms with Crippen LogP contribution in [0.15, 0.2) is 54.6 Å². The summed E-state index contributed by atoms with van der Waals surface area (Å²) in [6, 6.07) is 13.9. The second kappa shape index (κ2) is 5.96. The number of nitrogens with zero attached hydrogens (tertiary/aromatic N) is 1. The van der Waals surface area contributed by atoms with Crippen molar-refractivity contribution in [2.24, 2.45) is 0 Å². The van der Waals surface area contributed by atoms with Crippen molar-refractivity contribution in [2.75, 3.05) is 7.11 Å². The van der Waals surface area contributed by atoms with Gasteiger partial charge in [-0.3, -0.25) is 0 Å². The molecule has 3 aromatic rings. The van der Waals surface area contributed by atoms with Crippen LogP contribution in [0.2, 0.25) is 0 Å². The van der Waals surface area contributed by atoms with E-state index in [-0.39, 0.29) is 5.52 Å². The van der Waals surface area contributed by atoms with Crippen molar-refractivity contribution in [1.29, 1.82) is 0 Å². The molecule has 0 saturated carbocycles. The van der Waals surface area contributed by atoms with Gasteiger partial charge in [-0.1, -0.05) is 30.3 Å². The van der Waals surface area contributed by atoms with Gasteiger partial charge in [-0.25, -0.2) is 9.78 Å². The number of hydrogen-bond acceptors (Lipinski definition) is 3. The van der Waals surface area contributed by atoms with E-state index in [0.717, 1.165) is 6.07 Å². The zero-order chi connectivity index (χ0) is 17.3. The second-order valence-corrected chi connectivity index (χ2v) is 5.14. The third-order valence-electron chi connectivity index (χ3n) is 3.62. The van der Waals surface area contributed by atoms with Crippen LogP contribution in [0.4, 0.5) is 13.2 Å². The van der Waals surface area contributed by atoms with E-state index in [4.69, 9.17) is 0 Å². The molecule has 3 nitrogen and oxygen atoms in total. The third-order valence-corrected chi connectivity index (χ3v) is 3.62. The number of hydrogen-bond donors (Lipinski definition) is 0. The number of carbonyl (C=O) groups is 1. The number of ether oxygens (including phenoxy) is 1. The summed E-state index contributed by atoms with van der Waals surface area (Å²) in [5.74, 6) is -0.503. The summed E-state index contributed by atoms with van der Waals surface area (Å²) in [5, 5.41) is 0.608. The minimum atomic E-state index is -4.54. The van der Waals surface area contributed by atoms with E-state index in [1.165, 1.54) is 25.3 Å². The first-order valence-corrected chi connectivity index (χ1v) is 7.06. The van der Waals surface area contributed by atoms with Crippen molar-refractivity contribution < 1.29 is 22.7 Å². The van der Waals surface area contributed by atoms with Gasteiger partial charge in [0.25, 0.3) is 0 Å². The number of aromatic nitrogens is 1. The van der Waals surface area contributed by atoms with Gasteiger partial charge in [0.05, 0.1) is 18.2 Å². The molecule has 1 heterocycles. The van der Waals surface area contributed by atoms with E-state index >= 15 is 0 Å². The van der Waals surface area contributed by atoms with Crippen LogP contribution in [-0.4, -0.2) is 18.1 Å². The Bertz CT molecular complexity index is 902. The van der Waals surface area contributed by atoms with Crippen molar-refractivity contribution in [1.82, 2.24) is 4.98 Å². The summed E-state index contributed by atoms with van der Waals surface area (Å²) in [5.41, 5.74) is 0.611. The van der Waals surface area contributed by atoms with Crippen LogP contribution in [0, 0.1) is 0 Å². The molecule has 6 heteroatoms. The molecule has 3 rings (SSSR count). The van der Waals surface area contributed by atoms with E-state index in [2.05, 4.69) is 9.72 Å². The zero-order valence-corrected chi connectivity index (χ0v) is 12.6. The average molecular weight is 331 g/mol. The molecule has 0 radical (unpaired) electrons. The topological polar surface area (TPSA) is 39.2 Å². The van der Waals surface area contributed by atoms with Crippen LogP contribution in [-0.2, 0) is 10.9 Å². The SMILES string of the molecule is COC(=O)c1ccc(-c2cc(C(F)(F)F)nc3ccccc23)cc1. The summed E-state index contributed by atoms with van der Waals surface area (Å²) in [6.07, 6.45) is -4.54. The lowest BCUT2D eigenvalue weighted by Gasteiger charge is -2.12. The van der Waals surface area contributed by atoms with Gasteiger partial charge in [0.1, 0.15) is 5.69 Å². The zero-order valence-electron chi connectivity index (χ0n) is 12.6. The van der Waals surface area contributed by atoms with Crippen LogP contribution >= 0.6 is 0 Å². The molecular weight excluding hydrogens is 319 g/mol. The number of pyridine rings is 1. The molecular formula is C18H12F3NO2. The van der Waals surface area contributed by atoms with Crippen molar-refractivity contribution >= 4 is 16.9 Å². The lowest BCUT2D eigenvalue weighted by Crippen LogP contribution is -2.08. The van der Waals surface area contributed by atoms with Crippen LogP contribution < -0.4 is 0 Å². The number of halogens is 3. The van der Waals surface area contributed by atoms with Gasteiger partial charge in [-0.05, 0) is 35.4 Å². The Morgan fingerprint density at radius 2 is 1.71 bits per heavy atom. The van der Waals surface area contributed by atoms with Crippen molar-refractivity contribution in [3.63, 3.8) is 0 Å². The fraction of sp³-hybridized carbons (Fsp3) is 0.111. The van der Waals surface area contributed by atoms with Gasteiger partial charge in [-0.15, -0.1) is 0 Å². The van der Waals surface area contributed by atoms with Crippen LogP contribution in [0.5, 0.6) is 0 Å². The highest BCUT2D eigenvalue weighted by Crippen LogP contribution is 2.35. The fourth-order valence-corrected chi connectivity index (χ4v) is 2.46. The largest absolute Gasteiger partial charge is 0.465 e. The van der Waals surface area contributed by atoms with Crippen molar-refractivity contribution in [2.45, 2.75) is 6.18 Å². The Morgan fingerprint density at radius 3 is 2.33 bits per heavy atom. The number of alkyl halides is 3. The van der Waals surface area contributed by atoms with Crippen LogP contribution in [0.25, 0.3) is 22.0 Å². The van der Waals surface area contributed by atoms with Gasteiger partial charge in [0.2, 0.25) is 0 Å². The second-order valence-electron chi connectivity index (χ2n) is 5.14. The summed E-state index contributed by atoms with van der Waals surface area (Å²) in [7, 11) is 1.27. The van der Waals surface area contributed by atoms with Crippen LogP contribution in [0.3, 0.4) is 0 Å². The highest BCUT2D eigenvalue weighted by Gasteiger charge is 2.33. The molecule has 0 aliphatic heterocycles. The molecule has 0 N–H and O–H groups in total. The first-order valence-electron chi connectivity index (χ1n) is 7.06. The molecule has 2 aromatic carbocycles. The Kier molecular flexibility index (Phi) is 3.97. The standard InChI is InChI=1S/C18H12F3NO2/c1-24-17(23)12-8-6-11(7-9-12)14-10-16(18(19,20)21)22-15-5-3-2-4-13(14)15/h2-10H,1H3. The fourth-order valence-electron chi connectivity index (χ4n) is 2.46. The van der Waals surface area contributed by atoms with E-state index in [1.54, 1.807) is 30.3 Å². The number of para-hydroxylation sites is 1. The maximum atomic E-state index is 13.1. The molecule has 24 heavy (non-hydrogen) atoms. The van der Waals surface area contributed by atoms with Gasteiger partial charge in [0.15, 0.2) is 0 Å². The van der Waals surface area contributed by atoms with Gasteiger partial charge >= 0.3 is 12.1 Å². The Balaban J connectivity index is 2.19. The monoisotopic (exact) mass is 331 g/mol. The molecule has 0 fully saturated rings. The molecule has 122 valence electrons. The highest BCUT2D eigenvalue weighted by molar-refractivity contribution is 5.96. The predicted octanol–water partition coefficient (Wildman–Crippen LogP) is 4.71. The Hall–Kier alpha value is -2.89. The first-order chi connectivity index (χ1) is 11.4. The number of carbonyl (C=O) groups excluding carboxylic acids is 1. The van der Waals surface area contributed by atoms with E-state index in [0.29, 0.717) is 22.1 Å². The van der Waals surface area contributed by atoms with E-state index < -0.39 is 17.8 Å². The smallest absolute Gasteiger partial charge is 0.433 e. The maximum Gasteiger partial charge on any atom is 0.433 e. The molecule has 0 unspecified atom stereocenters. The minimum absolute atomic E-state index is 0.263. The molecule has 0 spiro atoms. The lowest BCUT2D eigenvalue weighted by atomic mass is 9.99. The van der Waals surface area contributed by atoms with E-state index in [9.17, 15) is 18.0 Å². The molecule has 1 aromatic heterocycles. The number of fused-ring (bicyclic) bond motifs is 1. The molecule has 0 bridgehead atoms. The molecule has 0 atom stereocenters. The summed E-state index contributed by atoms with van der Waals surface area (Å²) in [4.78, 5) is 15.2. The lowest BCUT2D eigenvalue weighted by molar-refractivity contribution is -0.140. The summed E-state index contributed by atoms with van der Waals surface area (Å²) < 4.78 is 43.9. The maximum absolute atomic E-state index is 13.1. The molecule has 0 saturated heterocycles. The molecule has 0 aliphatic rings. The summed E-state index contributed by atoms with van der Waals surface area (Å²) in [6.45, 7) is 0. The normalized spacial score (nSPS) is 11.5. The first kappa shape index (κ1) is 16.0. The summed E-state index contributed by atoms with van der Waals surface area (Å²) >= 11 is 0. The van der Waals surface area contributed by atoms with Crippen molar-refractivity contribution in [3.05, 3.63) is 65.9 Å². The quantitative estimate of drug-likeness (QED) is 0.639. The number of rotatable bonds is 2. The van der Waals surface area contributed by atoms with Gasteiger partial charge < -0.3 is 4.74 Å². The third kappa shape index (κ3) is 2.95. The Morgan fingerprint density at radius 1 is 1.04 bits per heavy atom. The van der Waals surface area contributed by atoms with Crippen LogP contribution in [0.1, 0.15) is 16.1 Å². The Labute approximate surface area is 135 Å². The molecule has 0 aliphatic carbocycles. The van der Waals surface area contributed by atoms with E-state index in [1.807, 2.05) is 0 Å². The van der Waals surface area contributed by atoms with Gasteiger partial charge in [0, 0.05) is 5.39 Å². The predicted molar refractivity (Wildman–Crippen MR) is 83.5 cm³/mol. The van der Waals surface area contributed by atoms with Crippen molar-refractivity contribution in [3.8, 4) is 11.1 Å². The minimum Gasteiger partial charge on any atom is -0.465 e. The number of esters is 1. The highest BCUT2D eigenvalue weighted by atomic mass is 19.4.